The summed E-state index contributed by atoms with van der Waals surface area (Å²) in [6.45, 7) is 0.928. The second kappa shape index (κ2) is 5.38. The number of aromatic nitrogens is 4. The van der Waals surface area contributed by atoms with E-state index < -0.39 is 0 Å². The Balaban J connectivity index is 1.62. The number of thiazole rings is 1. The van der Waals surface area contributed by atoms with E-state index in [2.05, 4.69) is 10.3 Å². The van der Waals surface area contributed by atoms with E-state index in [0.717, 1.165) is 55.4 Å². The first-order valence-electron chi connectivity index (χ1n) is 7.66. The molecular weight excluding hydrogens is 284 g/mol. The lowest BCUT2D eigenvalue weighted by atomic mass is 9.86. The second-order valence-electron chi connectivity index (χ2n) is 5.95. The molecule has 4 rings (SSSR count). The van der Waals surface area contributed by atoms with Crippen LogP contribution in [0.15, 0.2) is 11.6 Å². The van der Waals surface area contributed by atoms with Crippen molar-refractivity contribution in [3.05, 3.63) is 22.4 Å². The molecular formula is C14H20N6S. The van der Waals surface area contributed by atoms with E-state index in [-0.39, 0.29) is 6.04 Å². The van der Waals surface area contributed by atoms with E-state index in [9.17, 15) is 0 Å². The molecule has 1 unspecified atom stereocenters. The highest BCUT2D eigenvalue weighted by atomic mass is 32.1. The third kappa shape index (κ3) is 2.44. The third-order valence-corrected chi connectivity index (χ3v) is 5.39. The Morgan fingerprint density at radius 3 is 2.86 bits per heavy atom. The van der Waals surface area contributed by atoms with Gasteiger partial charge in [-0.3, -0.25) is 0 Å². The zero-order valence-electron chi connectivity index (χ0n) is 11.9. The van der Waals surface area contributed by atoms with Crippen LogP contribution in [0.1, 0.15) is 54.9 Å². The van der Waals surface area contributed by atoms with Crippen LogP contribution in [-0.4, -0.2) is 32.3 Å². The molecule has 112 valence electrons. The molecule has 2 aliphatic rings. The van der Waals surface area contributed by atoms with Crippen molar-refractivity contribution in [3.8, 4) is 0 Å². The van der Waals surface area contributed by atoms with Gasteiger partial charge in [-0.25, -0.2) is 9.67 Å². The van der Waals surface area contributed by atoms with Gasteiger partial charge in [-0.15, -0.1) is 11.3 Å². The maximum Gasteiger partial charge on any atom is 0.222 e. The second-order valence-corrected chi connectivity index (χ2v) is 6.88. The van der Waals surface area contributed by atoms with Gasteiger partial charge < -0.3 is 11.1 Å². The monoisotopic (exact) mass is 304 g/mol. The van der Waals surface area contributed by atoms with Gasteiger partial charge >= 0.3 is 0 Å². The first-order valence-corrected chi connectivity index (χ1v) is 8.54. The summed E-state index contributed by atoms with van der Waals surface area (Å²) < 4.78 is 2.03. The topological polar surface area (TPSA) is 81.7 Å². The van der Waals surface area contributed by atoms with Crippen molar-refractivity contribution < 1.29 is 0 Å². The van der Waals surface area contributed by atoms with Crippen LogP contribution in [0.3, 0.4) is 0 Å². The van der Waals surface area contributed by atoms with Crippen LogP contribution in [-0.2, 0) is 0 Å². The SMILES string of the molecule is NC1CCC(c2nc3n(n2)C(c2nccs2)CCN3)CC1. The fourth-order valence-electron chi connectivity index (χ4n) is 3.30. The molecule has 1 atom stereocenters. The molecule has 1 fully saturated rings. The first-order chi connectivity index (χ1) is 10.3. The van der Waals surface area contributed by atoms with Gasteiger partial charge in [0.05, 0.1) is 0 Å². The van der Waals surface area contributed by atoms with Gasteiger partial charge in [0, 0.05) is 30.1 Å². The van der Waals surface area contributed by atoms with Gasteiger partial charge in [-0.05, 0) is 32.1 Å². The molecule has 0 saturated heterocycles. The van der Waals surface area contributed by atoms with Crippen LogP contribution in [0.4, 0.5) is 5.95 Å². The highest BCUT2D eigenvalue weighted by Gasteiger charge is 2.29. The Hall–Kier alpha value is -1.47. The Kier molecular flexibility index (Phi) is 3.39. The minimum atomic E-state index is 0.230. The lowest BCUT2D eigenvalue weighted by molar-refractivity contribution is 0.380. The van der Waals surface area contributed by atoms with Crippen LogP contribution < -0.4 is 11.1 Å². The number of hydrogen-bond donors (Lipinski definition) is 2. The quantitative estimate of drug-likeness (QED) is 0.888. The molecule has 1 saturated carbocycles. The van der Waals surface area contributed by atoms with Crippen molar-refractivity contribution in [2.75, 3.05) is 11.9 Å². The molecule has 2 aromatic heterocycles. The molecule has 6 nitrogen and oxygen atoms in total. The number of nitrogens with two attached hydrogens (primary N) is 1. The van der Waals surface area contributed by atoms with Crippen LogP contribution >= 0.6 is 11.3 Å². The van der Waals surface area contributed by atoms with Gasteiger partial charge in [-0.2, -0.15) is 10.1 Å². The number of hydrogen-bond acceptors (Lipinski definition) is 6. The Labute approximate surface area is 127 Å². The first kappa shape index (κ1) is 13.2. The third-order valence-electron chi connectivity index (χ3n) is 4.52. The van der Waals surface area contributed by atoms with Gasteiger partial charge in [0.25, 0.3) is 0 Å². The zero-order chi connectivity index (χ0) is 14.2. The van der Waals surface area contributed by atoms with E-state index in [1.807, 2.05) is 16.3 Å². The van der Waals surface area contributed by atoms with Crippen molar-refractivity contribution in [2.45, 2.75) is 50.1 Å². The molecule has 1 aliphatic carbocycles. The summed E-state index contributed by atoms with van der Waals surface area (Å²) in [5.41, 5.74) is 5.99. The lowest BCUT2D eigenvalue weighted by Gasteiger charge is -2.24. The molecule has 0 aromatic carbocycles. The maximum atomic E-state index is 5.99. The summed E-state index contributed by atoms with van der Waals surface area (Å²) in [7, 11) is 0. The van der Waals surface area contributed by atoms with Gasteiger partial charge in [-0.1, -0.05) is 0 Å². The van der Waals surface area contributed by atoms with E-state index in [0.29, 0.717) is 12.0 Å². The minimum Gasteiger partial charge on any atom is -0.354 e. The van der Waals surface area contributed by atoms with Gasteiger partial charge in [0.15, 0.2) is 5.82 Å². The predicted octanol–water partition coefficient (Wildman–Crippen LogP) is 2.12. The van der Waals surface area contributed by atoms with E-state index in [1.54, 1.807) is 11.3 Å². The summed E-state index contributed by atoms with van der Waals surface area (Å²) >= 11 is 1.69. The normalized spacial score (nSPS) is 28.9. The molecule has 21 heavy (non-hydrogen) atoms. The summed E-state index contributed by atoms with van der Waals surface area (Å²) in [6.07, 6.45) is 7.25. The summed E-state index contributed by atoms with van der Waals surface area (Å²) in [5, 5.41) is 11.3. The number of nitrogens with one attached hydrogen (secondary N) is 1. The molecule has 7 heteroatoms. The lowest BCUT2D eigenvalue weighted by Crippen LogP contribution is -2.26. The van der Waals surface area contributed by atoms with E-state index in [4.69, 9.17) is 15.8 Å². The fourth-order valence-corrected chi connectivity index (χ4v) is 4.06. The number of fused-ring (bicyclic) bond motifs is 1. The Morgan fingerprint density at radius 1 is 1.24 bits per heavy atom. The summed E-state index contributed by atoms with van der Waals surface area (Å²) in [4.78, 5) is 9.19. The van der Waals surface area contributed by atoms with Crippen molar-refractivity contribution in [2.24, 2.45) is 5.73 Å². The van der Waals surface area contributed by atoms with Crippen molar-refractivity contribution in [1.29, 1.82) is 0 Å². The Morgan fingerprint density at radius 2 is 2.10 bits per heavy atom. The molecule has 0 spiro atoms. The zero-order valence-corrected chi connectivity index (χ0v) is 12.7. The predicted molar refractivity (Wildman–Crippen MR) is 82.6 cm³/mol. The van der Waals surface area contributed by atoms with Gasteiger partial charge in [0.2, 0.25) is 5.95 Å². The van der Waals surface area contributed by atoms with Crippen LogP contribution in [0, 0.1) is 0 Å². The number of rotatable bonds is 2. The van der Waals surface area contributed by atoms with Crippen LogP contribution in [0.25, 0.3) is 0 Å². The average molecular weight is 304 g/mol. The maximum absolute atomic E-state index is 5.99. The van der Waals surface area contributed by atoms with Crippen molar-refractivity contribution in [3.63, 3.8) is 0 Å². The van der Waals surface area contributed by atoms with Crippen LogP contribution in [0.2, 0.25) is 0 Å². The van der Waals surface area contributed by atoms with E-state index >= 15 is 0 Å². The molecule has 3 heterocycles. The largest absolute Gasteiger partial charge is 0.354 e. The standard InChI is InChI=1S/C14H20N6S/c15-10-3-1-9(2-4-10)12-18-14-17-6-5-11(20(14)19-12)13-16-7-8-21-13/h7-11H,1-6,15H2,(H,17,18,19). The average Bonchev–Trinajstić information content (AvgIpc) is 3.17. The fraction of sp³-hybridized carbons (Fsp3) is 0.643. The van der Waals surface area contributed by atoms with Crippen LogP contribution in [0.5, 0.6) is 0 Å². The highest BCUT2D eigenvalue weighted by Crippen LogP contribution is 2.34. The highest BCUT2D eigenvalue weighted by molar-refractivity contribution is 7.09. The van der Waals surface area contributed by atoms with Gasteiger partial charge in [0.1, 0.15) is 11.0 Å². The van der Waals surface area contributed by atoms with Crippen molar-refractivity contribution >= 4 is 17.3 Å². The summed E-state index contributed by atoms with van der Waals surface area (Å²) in [5.74, 6) is 2.33. The molecule has 2 aromatic rings. The smallest absolute Gasteiger partial charge is 0.222 e. The number of nitrogens with zero attached hydrogens (tertiary/aromatic N) is 4. The molecule has 0 bridgehead atoms. The van der Waals surface area contributed by atoms with Crippen molar-refractivity contribution in [1.82, 2.24) is 19.7 Å². The number of anilines is 1. The molecule has 0 amide bonds. The Bertz CT molecular complexity index is 599. The summed E-state index contributed by atoms with van der Waals surface area (Å²) in [6, 6.07) is 0.591. The van der Waals surface area contributed by atoms with E-state index in [1.165, 1.54) is 0 Å². The molecule has 1 aliphatic heterocycles. The minimum absolute atomic E-state index is 0.230. The molecule has 0 radical (unpaired) electrons. The molecule has 3 N–H and O–H groups in total.